The molecule has 2 N–H and O–H groups in total. The Morgan fingerprint density at radius 3 is 1.40 bits per heavy atom. The second-order valence-electron chi connectivity index (χ2n) is 10.2. The van der Waals surface area contributed by atoms with Gasteiger partial charge in [0.05, 0.1) is 35.8 Å². The smallest absolute Gasteiger partial charge is 0.306 e. The molecular formula is C32H32O8S2. The van der Waals surface area contributed by atoms with Gasteiger partial charge in [0.15, 0.2) is 11.6 Å². The van der Waals surface area contributed by atoms with Crippen LogP contribution in [0.5, 0.6) is 11.5 Å². The largest absolute Gasteiger partial charge is 0.496 e. The van der Waals surface area contributed by atoms with Crippen LogP contribution in [0.1, 0.15) is 57.2 Å². The molecule has 2 aromatic heterocycles. The number of rotatable bonds is 14. The first-order chi connectivity index (χ1) is 20.0. The van der Waals surface area contributed by atoms with E-state index in [9.17, 15) is 19.2 Å². The maximum atomic E-state index is 12.6. The van der Waals surface area contributed by atoms with Crippen molar-refractivity contribution in [3.63, 3.8) is 0 Å². The monoisotopic (exact) mass is 608 g/mol. The summed E-state index contributed by atoms with van der Waals surface area (Å²) >= 11 is 2.67. The lowest BCUT2D eigenvalue weighted by atomic mass is 10.0. The summed E-state index contributed by atoms with van der Waals surface area (Å²) in [6, 6.07) is 11.4. The van der Waals surface area contributed by atoms with E-state index in [2.05, 4.69) is 0 Å². The second-order valence-corrected chi connectivity index (χ2v) is 12.4. The Bertz CT molecular complexity index is 1570. The molecule has 10 heteroatoms. The van der Waals surface area contributed by atoms with Crippen molar-refractivity contribution in [1.82, 2.24) is 0 Å². The van der Waals surface area contributed by atoms with Crippen LogP contribution in [0.15, 0.2) is 48.6 Å². The van der Waals surface area contributed by atoms with Crippen LogP contribution in [-0.4, -0.2) is 47.9 Å². The highest BCUT2D eigenvalue weighted by Crippen LogP contribution is 2.35. The van der Waals surface area contributed by atoms with Crippen LogP contribution >= 0.6 is 22.7 Å². The van der Waals surface area contributed by atoms with Crippen LogP contribution < -0.4 is 9.47 Å². The zero-order valence-corrected chi connectivity index (χ0v) is 25.4. The van der Waals surface area contributed by atoms with E-state index < -0.39 is 23.8 Å². The number of hydrogen-bond donors (Lipinski definition) is 2. The number of aliphatic carboxylic acids is 2. The molecule has 4 rings (SSSR count). The highest BCUT2D eigenvalue weighted by molar-refractivity contribution is 7.21. The predicted octanol–water partition coefficient (Wildman–Crippen LogP) is 7.06. The van der Waals surface area contributed by atoms with E-state index in [1.807, 2.05) is 48.6 Å². The first-order valence-corrected chi connectivity index (χ1v) is 15.0. The van der Waals surface area contributed by atoms with Gasteiger partial charge in [-0.2, -0.15) is 0 Å². The third-order valence-corrected chi connectivity index (χ3v) is 9.33. The van der Waals surface area contributed by atoms with Crippen molar-refractivity contribution >= 4 is 66.4 Å². The first kappa shape index (κ1) is 30.9. The van der Waals surface area contributed by atoms with Crippen LogP contribution in [0.4, 0.5) is 0 Å². The molecule has 0 spiro atoms. The van der Waals surface area contributed by atoms with Crippen LogP contribution in [-0.2, 0) is 22.4 Å². The molecule has 0 amide bonds. The van der Waals surface area contributed by atoms with Crippen molar-refractivity contribution in [2.75, 3.05) is 14.2 Å². The van der Waals surface area contributed by atoms with Gasteiger partial charge < -0.3 is 19.7 Å². The maximum Gasteiger partial charge on any atom is 0.306 e. The first-order valence-electron chi connectivity index (χ1n) is 13.4. The number of ether oxygens (including phenoxy) is 2. The quantitative estimate of drug-likeness (QED) is 0.115. The molecular weight excluding hydrogens is 576 g/mol. The summed E-state index contributed by atoms with van der Waals surface area (Å²) in [7, 11) is 3.20. The lowest BCUT2D eigenvalue weighted by Crippen LogP contribution is -2.13. The lowest BCUT2D eigenvalue weighted by Gasteiger charge is -2.08. The molecule has 0 saturated carbocycles. The van der Waals surface area contributed by atoms with Crippen molar-refractivity contribution in [3.05, 3.63) is 69.4 Å². The Balaban J connectivity index is 1.49. The van der Waals surface area contributed by atoms with Gasteiger partial charge in [-0.15, -0.1) is 22.7 Å². The fraction of sp³-hybridized carbons (Fsp3) is 0.312. The summed E-state index contributed by atoms with van der Waals surface area (Å²) in [5, 5.41) is 20.1. The Labute approximate surface area is 251 Å². The molecule has 0 aliphatic rings. The molecule has 2 unspecified atom stereocenters. The average Bonchev–Trinajstić information content (AvgIpc) is 3.57. The van der Waals surface area contributed by atoms with Crippen LogP contribution in [0.2, 0.25) is 0 Å². The Hall–Kier alpha value is -4.02. The highest BCUT2D eigenvalue weighted by atomic mass is 32.1. The van der Waals surface area contributed by atoms with Crippen molar-refractivity contribution in [2.45, 2.75) is 39.5 Å². The summed E-state index contributed by atoms with van der Waals surface area (Å²) in [4.78, 5) is 48.6. The molecule has 0 fully saturated rings. The fourth-order valence-corrected chi connectivity index (χ4v) is 6.60. The molecule has 0 radical (unpaired) electrons. The Morgan fingerprint density at radius 1 is 0.690 bits per heavy atom. The number of fused-ring (bicyclic) bond motifs is 2. The molecule has 0 aliphatic carbocycles. The van der Waals surface area contributed by atoms with Crippen molar-refractivity contribution < 1.29 is 38.9 Å². The van der Waals surface area contributed by atoms with Gasteiger partial charge in [-0.3, -0.25) is 19.2 Å². The fourth-order valence-electron chi connectivity index (χ4n) is 4.56. The minimum absolute atomic E-state index is 0.0446. The molecule has 220 valence electrons. The summed E-state index contributed by atoms with van der Waals surface area (Å²) in [6.45, 7) is 3.05. The number of carboxylic acids is 2. The third kappa shape index (κ3) is 7.06. The van der Waals surface area contributed by atoms with Gasteiger partial charge in [0.25, 0.3) is 0 Å². The van der Waals surface area contributed by atoms with Gasteiger partial charge in [-0.05, 0) is 71.1 Å². The van der Waals surface area contributed by atoms with Gasteiger partial charge in [-0.1, -0.05) is 26.0 Å². The van der Waals surface area contributed by atoms with Crippen LogP contribution in [0.25, 0.3) is 20.2 Å². The molecule has 2 aromatic carbocycles. The van der Waals surface area contributed by atoms with E-state index in [1.54, 1.807) is 14.2 Å². The second kappa shape index (κ2) is 13.3. The zero-order chi connectivity index (χ0) is 30.6. The van der Waals surface area contributed by atoms with E-state index in [-0.39, 0.29) is 24.4 Å². The van der Waals surface area contributed by atoms with Gasteiger partial charge >= 0.3 is 11.9 Å². The van der Waals surface area contributed by atoms with Crippen molar-refractivity contribution in [2.24, 2.45) is 11.8 Å². The number of carboxylic acid groups (broad SMARTS) is 2. The molecule has 2 heterocycles. The van der Waals surface area contributed by atoms with Gasteiger partial charge in [0.2, 0.25) is 0 Å². The lowest BCUT2D eigenvalue weighted by molar-refractivity contribution is -0.141. The van der Waals surface area contributed by atoms with Crippen LogP contribution in [0.3, 0.4) is 0 Å². The minimum Gasteiger partial charge on any atom is -0.496 e. The Kier molecular flexibility index (Phi) is 9.80. The highest BCUT2D eigenvalue weighted by Gasteiger charge is 2.21. The molecule has 8 nitrogen and oxygen atoms in total. The maximum absolute atomic E-state index is 12.6. The summed E-state index contributed by atoms with van der Waals surface area (Å²) in [5.74, 6) is -2.42. The molecule has 2 atom stereocenters. The van der Waals surface area contributed by atoms with Gasteiger partial charge in [0.1, 0.15) is 11.5 Å². The molecule has 0 aliphatic heterocycles. The van der Waals surface area contributed by atoms with Crippen molar-refractivity contribution in [3.8, 4) is 11.5 Å². The summed E-state index contributed by atoms with van der Waals surface area (Å²) in [5.41, 5.74) is 1.91. The third-order valence-electron chi connectivity index (χ3n) is 7.06. The van der Waals surface area contributed by atoms with E-state index >= 15 is 0 Å². The number of ketones is 2. The number of allylic oxidation sites excluding steroid dienone is 2. The Morgan fingerprint density at radius 2 is 1.07 bits per heavy atom. The topological polar surface area (TPSA) is 127 Å². The number of benzene rings is 2. The van der Waals surface area contributed by atoms with E-state index in [1.165, 1.54) is 36.5 Å². The number of carbonyl (C=O) groups excluding carboxylic acids is 2. The van der Waals surface area contributed by atoms with Gasteiger partial charge in [-0.25, -0.2) is 0 Å². The predicted molar refractivity (Wildman–Crippen MR) is 165 cm³/mol. The summed E-state index contributed by atoms with van der Waals surface area (Å²) in [6.07, 6.45) is 5.18. The van der Waals surface area contributed by atoms with E-state index in [0.29, 0.717) is 34.1 Å². The standard InChI is InChI=1S/C32H32O8S2/c1-17(31(35)36)9-23(33)29-13-21-11-19(25(39-3)15-27(21)41-29)7-5-6-8-20-12-22-14-30(24(34)10-18(2)32(37)38)42-28(22)16-26(20)40-4/h5-6,11-18H,7-10H2,1-4H3,(H,35,36)(H,37,38). The molecule has 42 heavy (non-hydrogen) atoms. The number of thiophene rings is 2. The van der Waals surface area contributed by atoms with Crippen LogP contribution in [0, 0.1) is 11.8 Å². The molecule has 0 saturated heterocycles. The number of carbonyl (C=O) groups is 4. The van der Waals surface area contributed by atoms with Crippen molar-refractivity contribution in [1.29, 1.82) is 0 Å². The molecule has 4 aromatic rings. The number of hydrogen-bond acceptors (Lipinski definition) is 8. The van der Waals surface area contributed by atoms with E-state index in [4.69, 9.17) is 19.7 Å². The SMILES string of the molecule is COc1cc2sc(C(=O)CC(C)C(=O)O)cc2cc1CC=CCc1cc2cc(C(=O)CC(C)C(=O)O)sc2cc1OC. The average molecular weight is 609 g/mol. The van der Waals surface area contributed by atoms with Gasteiger partial charge in [0, 0.05) is 22.2 Å². The zero-order valence-electron chi connectivity index (χ0n) is 23.8. The van der Waals surface area contributed by atoms with E-state index in [0.717, 1.165) is 31.3 Å². The number of Topliss-reactive ketones (excluding diaryl/α,β-unsaturated/α-hetero) is 2. The minimum atomic E-state index is -0.990. The number of methoxy groups -OCH3 is 2. The molecule has 0 bridgehead atoms. The summed E-state index contributed by atoms with van der Waals surface area (Å²) < 4.78 is 13.0. The normalized spacial score (nSPS) is 13.0.